The van der Waals surface area contributed by atoms with Crippen molar-refractivity contribution < 1.29 is 14.3 Å². The van der Waals surface area contributed by atoms with Crippen molar-refractivity contribution in [2.75, 3.05) is 13.7 Å². The number of ether oxygens (including phenoxy) is 2. The number of nitrogens with two attached hydrogens (primary N) is 1. The summed E-state index contributed by atoms with van der Waals surface area (Å²) < 4.78 is 10.3. The Labute approximate surface area is 124 Å². The Morgan fingerprint density at radius 2 is 2.10 bits per heavy atom. The lowest BCUT2D eigenvalue weighted by Gasteiger charge is -2.23. The van der Waals surface area contributed by atoms with E-state index in [0.29, 0.717) is 10.8 Å². The van der Waals surface area contributed by atoms with Gasteiger partial charge in [0, 0.05) is 11.6 Å². The van der Waals surface area contributed by atoms with Crippen LogP contribution in [0, 0.1) is 0 Å². The fourth-order valence-corrected chi connectivity index (χ4v) is 1.93. The molecule has 1 aromatic rings. The van der Waals surface area contributed by atoms with Crippen LogP contribution >= 0.6 is 11.6 Å². The minimum atomic E-state index is -0.563. The second-order valence-corrected chi connectivity index (χ2v) is 5.73. The van der Waals surface area contributed by atoms with Crippen LogP contribution in [0.15, 0.2) is 18.2 Å². The number of rotatable bonds is 4. The fraction of sp³-hybridized carbons (Fsp3) is 0.500. The maximum Gasteiger partial charge on any atom is 0.408 e. The first-order valence-electron chi connectivity index (χ1n) is 6.30. The van der Waals surface area contributed by atoms with Gasteiger partial charge < -0.3 is 20.5 Å². The molecule has 0 fully saturated rings. The van der Waals surface area contributed by atoms with Gasteiger partial charge in [0.1, 0.15) is 11.4 Å². The molecule has 5 nitrogen and oxygen atoms in total. The van der Waals surface area contributed by atoms with Gasteiger partial charge in [-0.05, 0) is 38.5 Å². The SMILES string of the molecule is COc1ccc(C(CN)NC(=O)OC(C)(C)C)c(Cl)c1. The monoisotopic (exact) mass is 300 g/mol. The Kier molecular flexibility index (Phi) is 5.65. The minimum absolute atomic E-state index is 0.214. The molecule has 0 heterocycles. The first-order chi connectivity index (χ1) is 9.26. The third kappa shape index (κ3) is 4.90. The van der Waals surface area contributed by atoms with Gasteiger partial charge in [-0.2, -0.15) is 0 Å². The summed E-state index contributed by atoms with van der Waals surface area (Å²) in [6, 6.07) is 4.80. The van der Waals surface area contributed by atoms with Gasteiger partial charge in [-0.1, -0.05) is 17.7 Å². The quantitative estimate of drug-likeness (QED) is 0.896. The third-order valence-corrected chi connectivity index (χ3v) is 2.84. The lowest BCUT2D eigenvalue weighted by atomic mass is 10.1. The van der Waals surface area contributed by atoms with Crippen LogP contribution in [0.1, 0.15) is 32.4 Å². The Morgan fingerprint density at radius 1 is 1.45 bits per heavy atom. The lowest BCUT2D eigenvalue weighted by Crippen LogP contribution is -2.37. The second kappa shape index (κ2) is 6.81. The molecular weight excluding hydrogens is 280 g/mol. The molecule has 1 rings (SSSR count). The van der Waals surface area contributed by atoms with Crippen LogP contribution in [0.2, 0.25) is 5.02 Å². The molecule has 6 heteroatoms. The van der Waals surface area contributed by atoms with E-state index in [1.54, 1.807) is 46.1 Å². The average Bonchev–Trinajstić information content (AvgIpc) is 2.34. The van der Waals surface area contributed by atoms with Crippen LogP contribution in [0.25, 0.3) is 0 Å². The summed E-state index contributed by atoms with van der Waals surface area (Å²) in [5.41, 5.74) is 5.86. The van der Waals surface area contributed by atoms with Crippen molar-refractivity contribution in [1.82, 2.24) is 5.32 Å². The predicted molar refractivity (Wildman–Crippen MR) is 79.2 cm³/mol. The molecule has 3 N–H and O–H groups in total. The Hall–Kier alpha value is -1.46. The molecule has 0 aliphatic carbocycles. The highest BCUT2D eigenvalue weighted by Gasteiger charge is 2.21. The van der Waals surface area contributed by atoms with Gasteiger partial charge in [-0.25, -0.2) is 4.79 Å². The van der Waals surface area contributed by atoms with E-state index in [1.165, 1.54) is 0 Å². The van der Waals surface area contributed by atoms with E-state index in [-0.39, 0.29) is 6.54 Å². The van der Waals surface area contributed by atoms with E-state index < -0.39 is 17.7 Å². The largest absolute Gasteiger partial charge is 0.497 e. The summed E-state index contributed by atoms with van der Waals surface area (Å²) in [6.07, 6.45) is -0.528. The number of hydrogen-bond donors (Lipinski definition) is 2. The summed E-state index contributed by atoms with van der Waals surface area (Å²) in [4.78, 5) is 11.8. The first-order valence-corrected chi connectivity index (χ1v) is 6.67. The maximum absolute atomic E-state index is 11.8. The molecule has 1 atom stereocenters. The number of halogens is 1. The Morgan fingerprint density at radius 3 is 2.55 bits per heavy atom. The van der Waals surface area contributed by atoms with Gasteiger partial charge in [0.05, 0.1) is 13.2 Å². The van der Waals surface area contributed by atoms with Gasteiger partial charge in [-0.3, -0.25) is 0 Å². The highest BCUT2D eigenvalue weighted by Crippen LogP contribution is 2.27. The molecule has 0 aliphatic rings. The molecule has 0 saturated carbocycles. The Bertz CT molecular complexity index is 472. The number of methoxy groups -OCH3 is 1. The molecule has 0 aliphatic heterocycles. The van der Waals surface area contributed by atoms with E-state index in [4.69, 9.17) is 26.8 Å². The van der Waals surface area contributed by atoms with Crippen LogP contribution in [-0.4, -0.2) is 25.3 Å². The summed E-state index contributed by atoms with van der Waals surface area (Å²) in [5, 5.41) is 3.19. The van der Waals surface area contributed by atoms with Crippen molar-refractivity contribution in [2.24, 2.45) is 5.73 Å². The number of carbonyl (C=O) groups is 1. The van der Waals surface area contributed by atoms with Crippen molar-refractivity contribution in [3.8, 4) is 5.75 Å². The number of carbonyl (C=O) groups excluding carboxylic acids is 1. The molecule has 0 spiro atoms. The van der Waals surface area contributed by atoms with Gasteiger partial charge in [-0.15, -0.1) is 0 Å². The summed E-state index contributed by atoms with van der Waals surface area (Å²) in [6.45, 7) is 5.60. The van der Waals surface area contributed by atoms with Crippen LogP contribution in [0.5, 0.6) is 5.75 Å². The zero-order valence-corrected chi connectivity index (χ0v) is 13.0. The number of nitrogens with one attached hydrogen (secondary N) is 1. The predicted octanol–water partition coefficient (Wildman–Crippen LogP) is 2.87. The highest BCUT2D eigenvalue weighted by atomic mass is 35.5. The number of alkyl carbamates (subject to hydrolysis) is 1. The molecule has 1 unspecified atom stereocenters. The Balaban J connectivity index is 2.83. The summed E-state index contributed by atoms with van der Waals surface area (Å²) >= 11 is 6.17. The van der Waals surface area contributed by atoms with E-state index in [0.717, 1.165) is 5.56 Å². The van der Waals surface area contributed by atoms with Crippen molar-refractivity contribution in [3.05, 3.63) is 28.8 Å². The molecule has 20 heavy (non-hydrogen) atoms. The van der Waals surface area contributed by atoms with E-state index in [1.807, 2.05) is 0 Å². The number of benzene rings is 1. The topological polar surface area (TPSA) is 73.6 Å². The molecular formula is C14H21ClN2O3. The highest BCUT2D eigenvalue weighted by molar-refractivity contribution is 6.31. The van der Waals surface area contributed by atoms with E-state index in [9.17, 15) is 4.79 Å². The lowest BCUT2D eigenvalue weighted by molar-refractivity contribution is 0.0505. The average molecular weight is 301 g/mol. The van der Waals surface area contributed by atoms with E-state index in [2.05, 4.69) is 5.32 Å². The smallest absolute Gasteiger partial charge is 0.408 e. The summed E-state index contributed by atoms with van der Waals surface area (Å²) in [5.74, 6) is 0.645. The molecule has 0 aromatic heterocycles. The van der Waals surface area contributed by atoms with Gasteiger partial charge in [0.2, 0.25) is 0 Å². The van der Waals surface area contributed by atoms with Gasteiger partial charge >= 0.3 is 6.09 Å². The number of hydrogen-bond acceptors (Lipinski definition) is 4. The fourth-order valence-electron chi connectivity index (χ4n) is 1.63. The first kappa shape index (κ1) is 16.6. The zero-order valence-electron chi connectivity index (χ0n) is 12.2. The van der Waals surface area contributed by atoms with Gasteiger partial charge in [0.25, 0.3) is 0 Å². The molecule has 112 valence electrons. The second-order valence-electron chi connectivity index (χ2n) is 5.32. The van der Waals surface area contributed by atoms with Gasteiger partial charge in [0.15, 0.2) is 0 Å². The molecule has 1 aromatic carbocycles. The number of amides is 1. The minimum Gasteiger partial charge on any atom is -0.497 e. The summed E-state index contributed by atoms with van der Waals surface area (Å²) in [7, 11) is 1.56. The van der Waals surface area contributed by atoms with Crippen molar-refractivity contribution in [3.63, 3.8) is 0 Å². The van der Waals surface area contributed by atoms with E-state index >= 15 is 0 Å². The molecule has 0 saturated heterocycles. The normalized spacial score (nSPS) is 12.7. The maximum atomic E-state index is 11.8. The molecule has 0 bridgehead atoms. The molecule has 1 amide bonds. The van der Waals surface area contributed by atoms with Crippen molar-refractivity contribution in [1.29, 1.82) is 0 Å². The van der Waals surface area contributed by atoms with Crippen LogP contribution in [0.3, 0.4) is 0 Å². The van der Waals surface area contributed by atoms with Crippen LogP contribution in [-0.2, 0) is 4.74 Å². The standard InChI is InChI=1S/C14H21ClN2O3/c1-14(2,3)20-13(18)17-12(8-16)10-6-5-9(19-4)7-11(10)15/h5-7,12H,8,16H2,1-4H3,(H,17,18). The third-order valence-electron chi connectivity index (χ3n) is 2.51. The van der Waals surface area contributed by atoms with Crippen molar-refractivity contribution >= 4 is 17.7 Å². The van der Waals surface area contributed by atoms with Crippen LogP contribution < -0.4 is 15.8 Å². The molecule has 0 radical (unpaired) electrons. The zero-order chi connectivity index (χ0) is 15.3. The van der Waals surface area contributed by atoms with Crippen molar-refractivity contribution in [2.45, 2.75) is 32.4 Å². The van der Waals surface area contributed by atoms with Crippen LogP contribution in [0.4, 0.5) is 4.79 Å².